The lowest BCUT2D eigenvalue weighted by atomic mass is 10.00. The molecule has 1 saturated heterocycles. The molecule has 0 spiro atoms. The van der Waals surface area contributed by atoms with Crippen LogP contribution in [0, 0.1) is 5.92 Å². The summed E-state index contributed by atoms with van der Waals surface area (Å²) < 4.78 is 0. The van der Waals surface area contributed by atoms with Crippen molar-refractivity contribution in [1.82, 2.24) is 4.90 Å². The quantitative estimate of drug-likeness (QED) is 0.862. The number of rotatable bonds is 4. The van der Waals surface area contributed by atoms with Crippen molar-refractivity contribution in [2.75, 3.05) is 25.0 Å². The number of anilines is 1. The van der Waals surface area contributed by atoms with Gasteiger partial charge in [0, 0.05) is 18.2 Å². The monoisotopic (exact) mass is 286 g/mol. The van der Waals surface area contributed by atoms with E-state index in [0.717, 1.165) is 44.2 Å². The second-order valence-electron chi connectivity index (χ2n) is 6.16. The van der Waals surface area contributed by atoms with E-state index >= 15 is 0 Å². The summed E-state index contributed by atoms with van der Waals surface area (Å²) in [7, 11) is 0. The standard InChI is InChI=1S/C17H22N2O2/c20-12-13-3-2-8-19(10-13)11-17(21)18-16-7-6-14-4-1-5-15(14)9-16/h6-7,9,12-13H,1-5,8,10-11H2,(H,18,21). The number of aryl methyl sites for hydroxylation is 2. The molecule has 4 heteroatoms. The van der Waals surface area contributed by atoms with Crippen LogP contribution in [-0.4, -0.2) is 36.7 Å². The number of hydrogen-bond donors (Lipinski definition) is 1. The molecule has 1 aliphatic heterocycles. The Labute approximate surface area is 125 Å². The third-order valence-electron chi connectivity index (χ3n) is 4.48. The van der Waals surface area contributed by atoms with Gasteiger partial charge in [-0.2, -0.15) is 0 Å². The summed E-state index contributed by atoms with van der Waals surface area (Å²) in [5, 5.41) is 2.98. The van der Waals surface area contributed by atoms with Crippen molar-refractivity contribution in [3.8, 4) is 0 Å². The minimum absolute atomic E-state index is 0.0134. The zero-order valence-corrected chi connectivity index (χ0v) is 12.3. The molecule has 1 heterocycles. The van der Waals surface area contributed by atoms with Crippen LogP contribution < -0.4 is 5.32 Å². The van der Waals surface area contributed by atoms with Crippen LogP contribution in [0.4, 0.5) is 5.69 Å². The van der Waals surface area contributed by atoms with Gasteiger partial charge in [-0.3, -0.25) is 9.69 Å². The van der Waals surface area contributed by atoms with Gasteiger partial charge >= 0.3 is 0 Å². The SMILES string of the molecule is O=CC1CCCN(CC(=O)Nc2ccc3c(c2)CCC3)C1. The molecular weight excluding hydrogens is 264 g/mol. The van der Waals surface area contributed by atoms with Crippen molar-refractivity contribution in [1.29, 1.82) is 0 Å². The van der Waals surface area contributed by atoms with Crippen LogP contribution in [0.15, 0.2) is 18.2 Å². The predicted octanol–water partition coefficient (Wildman–Crippen LogP) is 2.02. The number of likely N-dealkylation sites (tertiary alicyclic amines) is 1. The van der Waals surface area contributed by atoms with Gasteiger partial charge in [0.2, 0.25) is 5.91 Å². The highest BCUT2D eigenvalue weighted by atomic mass is 16.2. The molecule has 1 aromatic rings. The summed E-state index contributed by atoms with van der Waals surface area (Å²) in [5.74, 6) is 0.103. The first-order valence-corrected chi connectivity index (χ1v) is 7.84. The Kier molecular flexibility index (Phi) is 4.34. The fraction of sp³-hybridized carbons (Fsp3) is 0.529. The first-order chi connectivity index (χ1) is 10.2. The lowest BCUT2D eigenvalue weighted by Crippen LogP contribution is -2.40. The van der Waals surface area contributed by atoms with E-state index in [0.29, 0.717) is 13.1 Å². The van der Waals surface area contributed by atoms with Gasteiger partial charge in [-0.15, -0.1) is 0 Å². The zero-order chi connectivity index (χ0) is 14.7. The molecule has 2 aliphatic rings. The number of carbonyl (C=O) groups excluding carboxylic acids is 2. The summed E-state index contributed by atoms with van der Waals surface area (Å²) in [5.41, 5.74) is 3.68. The molecule has 0 radical (unpaired) electrons. The highest BCUT2D eigenvalue weighted by molar-refractivity contribution is 5.92. The highest BCUT2D eigenvalue weighted by Crippen LogP contribution is 2.25. The van der Waals surface area contributed by atoms with Gasteiger partial charge in [-0.25, -0.2) is 0 Å². The fourth-order valence-corrected chi connectivity index (χ4v) is 3.40. The summed E-state index contributed by atoms with van der Waals surface area (Å²) in [6.45, 7) is 1.99. The topological polar surface area (TPSA) is 49.4 Å². The molecule has 1 aromatic carbocycles. The van der Waals surface area contributed by atoms with Gasteiger partial charge in [0.15, 0.2) is 0 Å². The minimum Gasteiger partial charge on any atom is -0.325 e. The van der Waals surface area contributed by atoms with Crippen LogP contribution in [0.3, 0.4) is 0 Å². The Morgan fingerprint density at radius 2 is 2.14 bits per heavy atom. The van der Waals surface area contributed by atoms with Gasteiger partial charge in [0.1, 0.15) is 6.29 Å². The Hall–Kier alpha value is -1.68. The summed E-state index contributed by atoms with van der Waals surface area (Å²) >= 11 is 0. The van der Waals surface area contributed by atoms with Crippen LogP contribution in [0.2, 0.25) is 0 Å². The highest BCUT2D eigenvalue weighted by Gasteiger charge is 2.21. The molecule has 112 valence electrons. The van der Waals surface area contributed by atoms with E-state index in [9.17, 15) is 9.59 Å². The number of benzene rings is 1. The van der Waals surface area contributed by atoms with Crippen LogP contribution in [-0.2, 0) is 22.4 Å². The average molecular weight is 286 g/mol. The first-order valence-electron chi connectivity index (χ1n) is 7.84. The zero-order valence-electron chi connectivity index (χ0n) is 12.3. The Balaban J connectivity index is 1.55. The van der Waals surface area contributed by atoms with Crippen molar-refractivity contribution in [3.05, 3.63) is 29.3 Å². The Morgan fingerprint density at radius 1 is 1.29 bits per heavy atom. The molecule has 1 atom stereocenters. The van der Waals surface area contributed by atoms with E-state index in [1.54, 1.807) is 0 Å². The van der Waals surface area contributed by atoms with Crippen molar-refractivity contribution in [2.45, 2.75) is 32.1 Å². The summed E-state index contributed by atoms with van der Waals surface area (Å²) in [6, 6.07) is 6.22. The number of amides is 1. The number of hydrogen-bond acceptors (Lipinski definition) is 3. The molecule has 0 saturated carbocycles. The predicted molar refractivity (Wildman–Crippen MR) is 82.3 cm³/mol. The van der Waals surface area contributed by atoms with E-state index in [1.165, 1.54) is 17.5 Å². The molecule has 1 N–H and O–H groups in total. The van der Waals surface area contributed by atoms with E-state index in [1.807, 2.05) is 6.07 Å². The van der Waals surface area contributed by atoms with Gasteiger partial charge in [0.05, 0.1) is 6.54 Å². The largest absolute Gasteiger partial charge is 0.325 e. The maximum absolute atomic E-state index is 12.1. The molecule has 3 rings (SSSR count). The molecule has 0 bridgehead atoms. The lowest BCUT2D eigenvalue weighted by Gasteiger charge is -2.29. The van der Waals surface area contributed by atoms with E-state index in [4.69, 9.17) is 0 Å². The normalized spacial score (nSPS) is 21.8. The molecule has 1 aliphatic carbocycles. The van der Waals surface area contributed by atoms with Crippen LogP contribution >= 0.6 is 0 Å². The first kappa shape index (κ1) is 14.3. The fourth-order valence-electron chi connectivity index (χ4n) is 3.40. The molecule has 21 heavy (non-hydrogen) atoms. The molecule has 1 unspecified atom stereocenters. The van der Waals surface area contributed by atoms with E-state index in [2.05, 4.69) is 22.3 Å². The number of piperidine rings is 1. The number of nitrogens with zero attached hydrogens (tertiary/aromatic N) is 1. The second-order valence-corrected chi connectivity index (χ2v) is 6.16. The minimum atomic E-state index is 0.0134. The molecule has 1 fully saturated rings. The Bertz CT molecular complexity index is 542. The maximum Gasteiger partial charge on any atom is 0.238 e. The molecular formula is C17H22N2O2. The van der Waals surface area contributed by atoms with E-state index in [-0.39, 0.29) is 11.8 Å². The lowest BCUT2D eigenvalue weighted by molar-refractivity contribution is -0.119. The average Bonchev–Trinajstić information content (AvgIpc) is 2.95. The van der Waals surface area contributed by atoms with Crippen molar-refractivity contribution in [2.24, 2.45) is 5.92 Å². The van der Waals surface area contributed by atoms with Crippen molar-refractivity contribution in [3.63, 3.8) is 0 Å². The summed E-state index contributed by atoms with van der Waals surface area (Å²) in [6.07, 6.45) is 6.46. The number of nitrogens with one attached hydrogen (secondary N) is 1. The third kappa shape index (κ3) is 3.50. The van der Waals surface area contributed by atoms with Crippen LogP contribution in [0.25, 0.3) is 0 Å². The smallest absolute Gasteiger partial charge is 0.238 e. The van der Waals surface area contributed by atoms with Gasteiger partial charge < -0.3 is 10.1 Å². The number of fused-ring (bicyclic) bond motifs is 1. The van der Waals surface area contributed by atoms with Gasteiger partial charge in [0.25, 0.3) is 0 Å². The molecule has 0 aromatic heterocycles. The Morgan fingerprint density at radius 3 is 3.00 bits per heavy atom. The number of aldehydes is 1. The number of carbonyl (C=O) groups is 2. The van der Waals surface area contributed by atoms with Crippen molar-refractivity contribution < 1.29 is 9.59 Å². The van der Waals surface area contributed by atoms with E-state index < -0.39 is 0 Å². The van der Waals surface area contributed by atoms with Gasteiger partial charge in [-0.05, 0) is 61.9 Å². The van der Waals surface area contributed by atoms with Crippen LogP contribution in [0.5, 0.6) is 0 Å². The van der Waals surface area contributed by atoms with Crippen molar-refractivity contribution >= 4 is 17.9 Å². The second kappa shape index (κ2) is 6.39. The summed E-state index contributed by atoms with van der Waals surface area (Å²) in [4.78, 5) is 25.1. The van der Waals surface area contributed by atoms with Gasteiger partial charge in [-0.1, -0.05) is 6.07 Å². The molecule has 1 amide bonds. The maximum atomic E-state index is 12.1. The third-order valence-corrected chi connectivity index (χ3v) is 4.48. The van der Waals surface area contributed by atoms with Crippen LogP contribution in [0.1, 0.15) is 30.4 Å². The molecule has 4 nitrogen and oxygen atoms in total.